The lowest BCUT2D eigenvalue weighted by Crippen LogP contribution is -2.20. The monoisotopic (exact) mass is 205 g/mol. The number of aryl methyl sites for hydroxylation is 1. The molecule has 0 bridgehead atoms. The Morgan fingerprint density at radius 2 is 2.20 bits per heavy atom. The minimum Gasteiger partial charge on any atom is -0.370 e. The number of rotatable bonds is 6. The Balaban J connectivity index is 1.60. The van der Waals surface area contributed by atoms with Gasteiger partial charge in [0.25, 0.3) is 0 Å². The first-order valence-electron chi connectivity index (χ1n) is 5.75. The molecule has 1 aromatic heterocycles. The first-order chi connectivity index (χ1) is 7.34. The molecule has 15 heavy (non-hydrogen) atoms. The van der Waals surface area contributed by atoms with Crippen LogP contribution < -0.4 is 10.6 Å². The van der Waals surface area contributed by atoms with Crippen molar-refractivity contribution in [3.63, 3.8) is 0 Å². The Bertz CT molecular complexity index is 307. The smallest absolute Gasteiger partial charge is 0.126 e. The molecule has 0 amide bonds. The Hall–Kier alpha value is -1.09. The summed E-state index contributed by atoms with van der Waals surface area (Å²) in [4.78, 5) is 4.39. The van der Waals surface area contributed by atoms with Crippen LogP contribution in [0.4, 0.5) is 5.82 Å². The van der Waals surface area contributed by atoms with E-state index in [4.69, 9.17) is 0 Å². The van der Waals surface area contributed by atoms with Gasteiger partial charge >= 0.3 is 0 Å². The summed E-state index contributed by atoms with van der Waals surface area (Å²) < 4.78 is 0. The quantitative estimate of drug-likeness (QED) is 0.697. The van der Waals surface area contributed by atoms with Crippen LogP contribution in [0.5, 0.6) is 0 Å². The van der Waals surface area contributed by atoms with Crippen LogP contribution in [-0.2, 0) is 0 Å². The summed E-state index contributed by atoms with van der Waals surface area (Å²) in [7, 11) is 0. The number of hydrogen-bond donors (Lipinski definition) is 2. The summed E-state index contributed by atoms with van der Waals surface area (Å²) >= 11 is 0. The van der Waals surface area contributed by atoms with E-state index in [-0.39, 0.29) is 0 Å². The van der Waals surface area contributed by atoms with Gasteiger partial charge in [-0.2, -0.15) is 0 Å². The lowest BCUT2D eigenvalue weighted by Gasteiger charge is -2.06. The van der Waals surface area contributed by atoms with E-state index in [1.165, 1.54) is 12.8 Å². The largest absolute Gasteiger partial charge is 0.370 e. The van der Waals surface area contributed by atoms with E-state index in [1.54, 1.807) is 0 Å². The second kappa shape index (κ2) is 5.12. The predicted octanol–water partition coefficient (Wildman–Crippen LogP) is 1.94. The molecular formula is C12H19N3. The van der Waals surface area contributed by atoms with Crippen molar-refractivity contribution in [3.05, 3.63) is 23.9 Å². The standard InChI is InChI=1S/C12H19N3/c1-10-4-2-5-12(15-10)14-9-3-8-13-11-6-7-11/h2,4-5,11,13H,3,6-9H2,1H3,(H,14,15). The van der Waals surface area contributed by atoms with Gasteiger partial charge < -0.3 is 10.6 Å². The highest BCUT2D eigenvalue weighted by atomic mass is 15.0. The Labute approximate surface area is 91.3 Å². The molecule has 2 N–H and O–H groups in total. The third kappa shape index (κ3) is 3.88. The maximum Gasteiger partial charge on any atom is 0.126 e. The summed E-state index contributed by atoms with van der Waals surface area (Å²) in [5, 5.41) is 6.82. The van der Waals surface area contributed by atoms with Gasteiger partial charge in [-0.05, 0) is 44.9 Å². The minimum atomic E-state index is 0.821. The predicted molar refractivity (Wildman–Crippen MR) is 63.1 cm³/mol. The van der Waals surface area contributed by atoms with Crippen LogP contribution >= 0.6 is 0 Å². The zero-order valence-electron chi connectivity index (χ0n) is 9.29. The van der Waals surface area contributed by atoms with Gasteiger partial charge in [0.2, 0.25) is 0 Å². The molecule has 1 aliphatic rings. The molecule has 1 aromatic rings. The summed E-state index contributed by atoms with van der Waals surface area (Å²) in [5.41, 5.74) is 1.07. The summed E-state index contributed by atoms with van der Waals surface area (Å²) in [6.07, 6.45) is 3.89. The average Bonchev–Trinajstić information content (AvgIpc) is 3.01. The average molecular weight is 205 g/mol. The highest BCUT2D eigenvalue weighted by Gasteiger charge is 2.19. The summed E-state index contributed by atoms with van der Waals surface area (Å²) in [6.45, 7) is 4.12. The first kappa shape index (κ1) is 10.4. The van der Waals surface area contributed by atoms with E-state index < -0.39 is 0 Å². The number of nitrogens with zero attached hydrogens (tertiary/aromatic N) is 1. The van der Waals surface area contributed by atoms with Gasteiger partial charge in [-0.3, -0.25) is 0 Å². The molecule has 0 spiro atoms. The van der Waals surface area contributed by atoms with Crippen molar-refractivity contribution in [2.45, 2.75) is 32.2 Å². The Morgan fingerprint density at radius 3 is 2.93 bits per heavy atom. The van der Waals surface area contributed by atoms with Crippen LogP contribution in [-0.4, -0.2) is 24.1 Å². The highest BCUT2D eigenvalue weighted by molar-refractivity contribution is 5.34. The van der Waals surface area contributed by atoms with Gasteiger partial charge in [0, 0.05) is 18.3 Å². The summed E-state index contributed by atoms with van der Waals surface area (Å²) in [6, 6.07) is 6.89. The second-order valence-corrected chi connectivity index (χ2v) is 4.17. The molecule has 0 aromatic carbocycles. The second-order valence-electron chi connectivity index (χ2n) is 4.17. The molecule has 0 unspecified atom stereocenters. The van der Waals surface area contributed by atoms with Crippen molar-refractivity contribution in [3.8, 4) is 0 Å². The molecule has 0 aliphatic heterocycles. The van der Waals surface area contributed by atoms with Crippen molar-refractivity contribution in [1.29, 1.82) is 0 Å². The number of pyridine rings is 1. The molecule has 3 nitrogen and oxygen atoms in total. The van der Waals surface area contributed by atoms with Crippen molar-refractivity contribution in [2.75, 3.05) is 18.4 Å². The van der Waals surface area contributed by atoms with E-state index in [1.807, 2.05) is 25.1 Å². The van der Waals surface area contributed by atoms with Gasteiger partial charge in [0.05, 0.1) is 0 Å². The van der Waals surface area contributed by atoms with E-state index in [0.29, 0.717) is 0 Å². The Kier molecular flexibility index (Phi) is 3.56. The SMILES string of the molecule is Cc1cccc(NCCCNC2CC2)n1. The molecule has 1 fully saturated rings. The maximum absolute atomic E-state index is 4.39. The number of nitrogens with one attached hydrogen (secondary N) is 2. The number of hydrogen-bond acceptors (Lipinski definition) is 3. The topological polar surface area (TPSA) is 37.0 Å². The van der Waals surface area contributed by atoms with Gasteiger partial charge in [-0.25, -0.2) is 4.98 Å². The van der Waals surface area contributed by atoms with E-state index in [9.17, 15) is 0 Å². The lowest BCUT2D eigenvalue weighted by molar-refractivity contribution is 0.658. The van der Waals surface area contributed by atoms with Crippen molar-refractivity contribution < 1.29 is 0 Å². The highest BCUT2D eigenvalue weighted by Crippen LogP contribution is 2.18. The first-order valence-corrected chi connectivity index (χ1v) is 5.75. The molecule has 1 heterocycles. The third-order valence-electron chi connectivity index (χ3n) is 2.56. The number of anilines is 1. The fourth-order valence-corrected chi connectivity index (χ4v) is 1.54. The molecule has 0 atom stereocenters. The van der Waals surface area contributed by atoms with Gasteiger partial charge in [0.15, 0.2) is 0 Å². The van der Waals surface area contributed by atoms with Crippen molar-refractivity contribution >= 4 is 5.82 Å². The Morgan fingerprint density at radius 1 is 1.33 bits per heavy atom. The van der Waals surface area contributed by atoms with E-state index in [0.717, 1.165) is 37.1 Å². The maximum atomic E-state index is 4.39. The molecule has 1 aliphatic carbocycles. The van der Waals surface area contributed by atoms with Crippen LogP contribution in [0.15, 0.2) is 18.2 Å². The van der Waals surface area contributed by atoms with E-state index >= 15 is 0 Å². The van der Waals surface area contributed by atoms with Gasteiger partial charge in [-0.15, -0.1) is 0 Å². The lowest BCUT2D eigenvalue weighted by atomic mass is 10.3. The molecular weight excluding hydrogens is 186 g/mol. The minimum absolute atomic E-state index is 0.821. The molecule has 0 saturated heterocycles. The van der Waals surface area contributed by atoms with Crippen LogP contribution in [0, 0.1) is 6.92 Å². The molecule has 82 valence electrons. The summed E-state index contributed by atoms with van der Waals surface area (Å²) in [5.74, 6) is 0.987. The van der Waals surface area contributed by atoms with Crippen molar-refractivity contribution in [2.24, 2.45) is 0 Å². The van der Waals surface area contributed by atoms with Crippen LogP contribution in [0.2, 0.25) is 0 Å². The van der Waals surface area contributed by atoms with E-state index in [2.05, 4.69) is 15.6 Å². The zero-order valence-corrected chi connectivity index (χ0v) is 9.29. The normalized spacial score (nSPS) is 15.3. The fourth-order valence-electron chi connectivity index (χ4n) is 1.54. The van der Waals surface area contributed by atoms with Crippen molar-refractivity contribution in [1.82, 2.24) is 10.3 Å². The number of aromatic nitrogens is 1. The molecule has 0 radical (unpaired) electrons. The third-order valence-corrected chi connectivity index (χ3v) is 2.56. The molecule has 2 rings (SSSR count). The van der Waals surface area contributed by atoms with Gasteiger partial charge in [0.1, 0.15) is 5.82 Å². The van der Waals surface area contributed by atoms with Crippen LogP contribution in [0.1, 0.15) is 25.0 Å². The van der Waals surface area contributed by atoms with Crippen LogP contribution in [0.3, 0.4) is 0 Å². The molecule has 3 heteroatoms. The zero-order chi connectivity index (χ0) is 10.5. The van der Waals surface area contributed by atoms with Gasteiger partial charge in [-0.1, -0.05) is 6.07 Å². The van der Waals surface area contributed by atoms with Crippen LogP contribution in [0.25, 0.3) is 0 Å². The molecule has 1 saturated carbocycles. The fraction of sp³-hybridized carbons (Fsp3) is 0.583.